The molecule has 0 aromatic heterocycles. The maximum absolute atomic E-state index is 12.8. The molecule has 5 heteroatoms. The van der Waals surface area contributed by atoms with Gasteiger partial charge in [0, 0.05) is 30.1 Å². The zero-order chi connectivity index (χ0) is 24.9. The molecular formula is C29H48N2OP2. The van der Waals surface area contributed by atoms with Crippen LogP contribution >= 0.6 is 17.2 Å². The van der Waals surface area contributed by atoms with Crippen molar-refractivity contribution in [2.45, 2.75) is 121 Å². The van der Waals surface area contributed by atoms with E-state index in [1.54, 1.807) is 10.9 Å². The van der Waals surface area contributed by atoms with Crippen molar-refractivity contribution in [2.75, 3.05) is 13.1 Å². The lowest BCUT2D eigenvalue weighted by Gasteiger charge is -2.52. The van der Waals surface area contributed by atoms with Gasteiger partial charge in [-0.1, -0.05) is 74.6 Å². The molecule has 3 heterocycles. The van der Waals surface area contributed by atoms with E-state index in [1.165, 1.54) is 31.2 Å². The predicted molar refractivity (Wildman–Crippen MR) is 152 cm³/mol. The zero-order valence-electron chi connectivity index (χ0n) is 22.7. The second kappa shape index (κ2) is 9.52. The first-order chi connectivity index (χ1) is 15.7. The molecule has 0 bridgehead atoms. The second-order valence-corrected chi connectivity index (χ2v) is 18.2. The standard InChI is InChI=1S/C29H48N2OP2/c1-26(2,3)17-20-12-13-23(34-27(4,5)18-21(32)19-28(34,6)7)22(16-20)29(33,24-10-8-14-30-24)25-11-9-15-31-25/h12-13,16,24-25,30-31H,8-11,14-15,17-19,33H2,1-7H3. The molecule has 0 aliphatic carbocycles. The summed E-state index contributed by atoms with van der Waals surface area (Å²) in [5, 5.41) is 9.35. The van der Waals surface area contributed by atoms with Gasteiger partial charge in [-0.15, -0.1) is 9.24 Å². The third-order valence-corrected chi connectivity index (χ3v) is 13.0. The van der Waals surface area contributed by atoms with Crippen molar-refractivity contribution in [3.05, 3.63) is 29.3 Å². The van der Waals surface area contributed by atoms with Crippen LogP contribution in [0.15, 0.2) is 18.2 Å². The van der Waals surface area contributed by atoms with Crippen LogP contribution in [0.1, 0.15) is 98.1 Å². The van der Waals surface area contributed by atoms with E-state index in [0.29, 0.717) is 30.7 Å². The zero-order valence-corrected chi connectivity index (χ0v) is 24.7. The fourth-order valence-electron chi connectivity index (χ4n) is 7.31. The van der Waals surface area contributed by atoms with Gasteiger partial charge in [-0.3, -0.25) is 4.79 Å². The molecule has 0 saturated carbocycles. The van der Waals surface area contributed by atoms with Crippen molar-refractivity contribution in [3.63, 3.8) is 0 Å². The summed E-state index contributed by atoms with van der Waals surface area (Å²) in [6, 6.07) is 8.40. The molecule has 1 aromatic rings. The molecule has 3 atom stereocenters. The Morgan fingerprint density at radius 3 is 1.94 bits per heavy atom. The third-order valence-electron chi connectivity index (χ3n) is 8.25. The van der Waals surface area contributed by atoms with E-state index in [9.17, 15) is 4.79 Å². The number of nitrogens with one attached hydrogen (secondary N) is 2. The van der Waals surface area contributed by atoms with Gasteiger partial charge in [0.1, 0.15) is 5.78 Å². The van der Waals surface area contributed by atoms with Gasteiger partial charge in [-0.25, -0.2) is 0 Å². The molecule has 2 N–H and O–H groups in total. The normalized spacial score (nSPS) is 29.4. The quantitative estimate of drug-likeness (QED) is 0.495. The molecule has 1 aromatic carbocycles. The third kappa shape index (κ3) is 5.20. The van der Waals surface area contributed by atoms with Gasteiger partial charge in [0.25, 0.3) is 0 Å². The van der Waals surface area contributed by atoms with E-state index in [1.807, 2.05) is 0 Å². The Labute approximate surface area is 212 Å². The van der Waals surface area contributed by atoms with Crippen LogP contribution in [0.2, 0.25) is 0 Å². The highest BCUT2D eigenvalue weighted by Crippen LogP contribution is 2.65. The minimum atomic E-state index is -0.529. The first-order valence-corrected chi connectivity index (χ1v) is 15.4. The highest BCUT2D eigenvalue weighted by molar-refractivity contribution is 7.69. The van der Waals surface area contributed by atoms with Gasteiger partial charge in [0.05, 0.1) is 0 Å². The molecule has 3 aliphatic heterocycles. The fourth-order valence-corrected chi connectivity index (χ4v) is 12.6. The van der Waals surface area contributed by atoms with Crippen molar-refractivity contribution < 1.29 is 4.79 Å². The van der Waals surface area contributed by atoms with Crippen molar-refractivity contribution in [1.29, 1.82) is 0 Å². The van der Waals surface area contributed by atoms with Crippen LogP contribution in [0.3, 0.4) is 0 Å². The smallest absolute Gasteiger partial charge is 0.134 e. The van der Waals surface area contributed by atoms with E-state index < -0.39 is 7.92 Å². The molecule has 0 spiro atoms. The lowest BCUT2D eigenvalue weighted by atomic mass is 9.80. The summed E-state index contributed by atoms with van der Waals surface area (Å²) in [4.78, 5) is 12.8. The van der Waals surface area contributed by atoms with E-state index in [2.05, 4.69) is 86.5 Å². The average Bonchev–Trinajstić information content (AvgIpc) is 3.39. The summed E-state index contributed by atoms with van der Waals surface area (Å²) in [5.41, 5.74) is 3.24. The Balaban J connectivity index is 1.93. The second-order valence-electron chi connectivity index (χ2n) is 13.7. The van der Waals surface area contributed by atoms with E-state index in [4.69, 9.17) is 0 Å². The van der Waals surface area contributed by atoms with Gasteiger partial charge >= 0.3 is 0 Å². The molecule has 0 amide bonds. The van der Waals surface area contributed by atoms with Crippen molar-refractivity contribution in [1.82, 2.24) is 10.6 Å². The number of rotatable bonds is 5. The number of hydrogen-bond acceptors (Lipinski definition) is 3. The van der Waals surface area contributed by atoms with Crippen molar-refractivity contribution >= 4 is 28.2 Å². The van der Waals surface area contributed by atoms with Crippen LogP contribution in [0, 0.1) is 5.41 Å². The van der Waals surface area contributed by atoms with Crippen molar-refractivity contribution in [3.8, 4) is 0 Å². The number of Topliss-reactive ketones (excluding diaryl/α,β-unsaturated/α-hetero) is 1. The van der Waals surface area contributed by atoms with Gasteiger partial charge in [-0.05, 0) is 77.4 Å². The highest BCUT2D eigenvalue weighted by Gasteiger charge is 2.52. The Hall–Kier alpha value is -0.330. The SMILES string of the molecule is CC(C)(C)Cc1ccc(P2C(C)(C)CC(=O)CC2(C)C)c(C(P)(C2CCCN2)C2CCCN2)c1. The van der Waals surface area contributed by atoms with Gasteiger partial charge in [0.2, 0.25) is 0 Å². The van der Waals surface area contributed by atoms with Gasteiger partial charge in [-0.2, -0.15) is 0 Å². The van der Waals surface area contributed by atoms with Crippen LogP contribution in [0.5, 0.6) is 0 Å². The Kier molecular flexibility index (Phi) is 7.48. The lowest BCUT2D eigenvalue weighted by molar-refractivity contribution is -0.120. The topological polar surface area (TPSA) is 41.1 Å². The number of carbonyl (C=O) groups excluding carboxylic acids is 1. The van der Waals surface area contributed by atoms with Crippen LogP contribution in [0.25, 0.3) is 0 Å². The molecule has 190 valence electrons. The Morgan fingerprint density at radius 1 is 0.971 bits per heavy atom. The maximum atomic E-state index is 12.8. The summed E-state index contributed by atoms with van der Waals surface area (Å²) in [6.45, 7) is 18.7. The fraction of sp³-hybridized carbons (Fsp3) is 0.759. The van der Waals surface area contributed by atoms with Crippen LogP contribution < -0.4 is 15.9 Å². The highest BCUT2D eigenvalue weighted by atomic mass is 31.1. The van der Waals surface area contributed by atoms with Crippen LogP contribution in [0.4, 0.5) is 0 Å². The van der Waals surface area contributed by atoms with Gasteiger partial charge < -0.3 is 10.6 Å². The van der Waals surface area contributed by atoms with Crippen LogP contribution in [-0.2, 0) is 16.4 Å². The molecular weight excluding hydrogens is 454 g/mol. The Bertz CT molecular complexity index is 869. The molecule has 4 rings (SSSR count). The van der Waals surface area contributed by atoms with E-state index >= 15 is 0 Å². The minimum absolute atomic E-state index is 0.00620. The van der Waals surface area contributed by atoms with E-state index in [-0.39, 0.29) is 20.9 Å². The lowest BCUT2D eigenvalue weighted by Crippen LogP contribution is -2.55. The monoisotopic (exact) mass is 502 g/mol. The maximum Gasteiger partial charge on any atom is 0.134 e. The molecule has 3 nitrogen and oxygen atoms in total. The first kappa shape index (κ1) is 26.7. The summed E-state index contributed by atoms with van der Waals surface area (Å²) in [7, 11) is 2.89. The predicted octanol–water partition coefficient (Wildman–Crippen LogP) is 5.88. The number of benzene rings is 1. The molecule has 34 heavy (non-hydrogen) atoms. The molecule has 3 fully saturated rings. The van der Waals surface area contributed by atoms with Gasteiger partial charge in [0.15, 0.2) is 0 Å². The average molecular weight is 503 g/mol. The minimum Gasteiger partial charge on any atom is -0.313 e. The van der Waals surface area contributed by atoms with Crippen LogP contribution in [-0.4, -0.2) is 41.3 Å². The Morgan fingerprint density at radius 2 is 1.50 bits per heavy atom. The molecule has 3 saturated heterocycles. The largest absolute Gasteiger partial charge is 0.313 e. The number of carbonyl (C=O) groups is 1. The first-order valence-electron chi connectivity index (χ1n) is 13.5. The number of hydrogen-bond donors (Lipinski definition) is 2. The number of ketones is 1. The summed E-state index contributed by atoms with van der Waals surface area (Å²) in [5.74, 6) is 0.437. The summed E-state index contributed by atoms with van der Waals surface area (Å²) >= 11 is 0. The molecule has 3 aliphatic rings. The summed E-state index contributed by atoms with van der Waals surface area (Å²) < 4.78 is 0. The van der Waals surface area contributed by atoms with E-state index in [0.717, 1.165) is 19.5 Å². The molecule has 3 unspecified atom stereocenters. The molecule has 0 radical (unpaired) electrons. The summed E-state index contributed by atoms with van der Waals surface area (Å²) in [6.07, 6.45) is 7.47. The van der Waals surface area contributed by atoms with Crippen molar-refractivity contribution in [2.24, 2.45) is 5.41 Å².